The van der Waals surface area contributed by atoms with Gasteiger partial charge in [-0.1, -0.05) is 0 Å². The summed E-state index contributed by atoms with van der Waals surface area (Å²) in [6.45, 7) is 0. The van der Waals surface area contributed by atoms with Crippen LogP contribution < -0.4 is 0 Å². The minimum atomic E-state index is 1.05. The first kappa shape index (κ1) is 13.3. The van der Waals surface area contributed by atoms with Crippen LogP contribution >= 0.6 is 71.3 Å². The average Bonchev–Trinajstić information content (AvgIpc) is 2.63. The topological polar surface area (TPSA) is 15.8 Å². The number of H-pyrrole nitrogens is 1. The van der Waals surface area contributed by atoms with Gasteiger partial charge in [-0.05, 0) is 66.4 Å². The predicted octanol–water partition coefficient (Wildman–Crippen LogP) is 5.90. The molecular weight excluding hydrogens is 438 g/mol. The molecule has 1 nitrogen and oxygen atoms in total. The molecule has 86 valence electrons. The Labute approximate surface area is 128 Å². The van der Waals surface area contributed by atoms with Crippen molar-refractivity contribution in [3.63, 3.8) is 0 Å². The van der Waals surface area contributed by atoms with E-state index in [1.807, 2.05) is 0 Å². The van der Waals surface area contributed by atoms with Crippen molar-refractivity contribution >= 4 is 82.2 Å². The summed E-state index contributed by atoms with van der Waals surface area (Å²) in [5, 5.41) is 2.46. The van der Waals surface area contributed by atoms with Crippen molar-refractivity contribution in [1.82, 2.24) is 4.98 Å². The standard InChI is InChI=1S/C10H8Br3NS2/c1-15-9-6-5(14-10(9)16-2)3-4(11)7(12)8(6)13/h3,14H,1-2H3. The van der Waals surface area contributed by atoms with Crippen molar-refractivity contribution in [2.45, 2.75) is 9.92 Å². The van der Waals surface area contributed by atoms with Crippen LogP contribution in [-0.4, -0.2) is 17.5 Å². The molecule has 1 aromatic carbocycles. The second kappa shape index (κ2) is 5.26. The predicted molar refractivity (Wildman–Crippen MR) is 85.0 cm³/mol. The molecule has 1 N–H and O–H groups in total. The van der Waals surface area contributed by atoms with Gasteiger partial charge in [0.05, 0.1) is 5.03 Å². The monoisotopic (exact) mass is 443 g/mol. The Morgan fingerprint density at radius 3 is 2.31 bits per heavy atom. The zero-order valence-corrected chi connectivity index (χ0v) is 14.9. The fraction of sp³-hybridized carbons (Fsp3) is 0.200. The number of hydrogen-bond donors (Lipinski definition) is 1. The Balaban J connectivity index is 2.89. The quantitative estimate of drug-likeness (QED) is 0.457. The van der Waals surface area contributed by atoms with Crippen LogP contribution in [0.15, 0.2) is 29.4 Å². The van der Waals surface area contributed by atoms with Gasteiger partial charge in [-0.25, -0.2) is 0 Å². The fourth-order valence-corrected chi connectivity index (χ4v) is 4.96. The van der Waals surface area contributed by atoms with Crippen LogP contribution in [0.4, 0.5) is 0 Å². The van der Waals surface area contributed by atoms with Gasteiger partial charge in [-0.15, -0.1) is 23.5 Å². The molecule has 16 heavy (non-hydrogen) atoms. The first-order valence-corrected chi connectivity index (χ1v) is 9.20. The van der Waals surface area contributed by atoms with Crippen LogP contribution in [0.3, 0.4) is 0 Å². The van der Waals surface area contributed by atoms with E-state index in [0.717, 1.165) is 18.9 Å². The summed E-state index contributed by atoms with van der Waals surface area (Å²) < 4.78 is 3.20. The molecular formula is C10H8Br3NS2. The van der Waals surface area contributed by atoms with Crippen LogP contribution in [-0.2, 0) is 0 Å². The Morgan fingerprint density at radius 2 is 1.75 bits per heavy atom. The van der Waals surface area contributed by atoms with E-state index in [9.17, 15) is 0 Å². The largest absolute Gasteiger partial charge is 0.349 e. The fourth-order valence-electron chi connectivity index (χ4n) is 1.55. The Hall–Kier alpha value is 0.900. The van der Waals surface area contributed by atoms with E-state index < -0.39 is 0 Å². The molecule has 0 fully saturated rings. The molecule has 0 bridgehead atoms. The molecule has 0 saturated carbocycles. The molecule has 0 aliphatic rings. The van der Waals surface area contributed by atoms with Gasteiger partial charge in [0.15, 0.2) is 0 Å². The zero-order chi connectivity index (χ0) is 11.9. The molecule has 0 amide bonds. The van der Waals surface area contributed by atoms with Gasteiger partial charge in [0, 0.05) is 29.2 Å². The molecule has 2 rings (SSSR count). The highest BCUT2D eigenvalue weighted by atomic mass is 79.9. The maximum atomic E-state index is 3.65. The molecule has 0 spiro atoms. The lowest BCUT2D eigenvalue weighted by Crippen LogP contribution is -1.77. The highest BCUT2D eigenvalue weighted by Crippen LogP contribution is 2.44. The number of halogens is 3. The number of aromatic nitrogens is 1. The molecule has 6 heteroatoms. The smallest absolute Gasteiger partial charge is 0.0868 e. The summed E-state index contributed by atoms with van der Waals surface area (Å²) in [7, 11) is 0. The summed E-state index contributed by atoms with van der Waals surface area (Å²) >= 11 is 14.3. The van der Waals surface area contributed by atoms with Crippen molar-refractivity contribution in [2.75, 3.05) is 12.5 Å². The van der Waals surface area contributed by atoms with E-state index in [1.54, 1.807) is 23.5 Å². The van der Waals surface area contributed by atoms with Gasteiger partial charge in [-0.3, -0.25) is 0 Å². The molecule has 0 aliphatic heterocycles. The average molecular weight is 446 g/mol. The van der Waals surface area contributed by atoms with Gasteiger partial charge in [0.2, 0.25) is 0 Å². The van der Waals surface area contributed by atoms with E-state index in [0.29, 0.717) is 0 Å². The Bertz CT molecular complexity index is 551. The molecule has 0 atom stereocenters. The summed E-state index contributed by atoms with van der Waals surface area (Å²) in [5.74, 6) is 0. The molecule has 0 aliphatic carbocycles. The summed E-state index contributed by atoms with van der Waals surface area (Å²) in [4.78, 5) is 4.73. The van der Waals surface area contributed by atoms with E-state index in [2.05, 4.69) is 71.4 Å². The lowest BCUT2D eigenvalue weighted by molar-refractivity contribution is 1.15. The minimum Gasteiger partial charge on any atom is -0.349 e. The summed E-state index contributed by atoms with van der Waals surface area (Å²) in [5.41, 5.74) is 1.15. The van der Waals surface area contributed by atoms with Crippen LogP contribution in [0.2, 0.25) is 0 Å². The van der Waals surface area contributed by atoms with Crippen molar-refractivity contribution in [3.05, 3.63) is 19.5 Å². The summed E-state index contributed by atoms with van der Waals surface area (Å²) in [6, 6.07) is 2.10. The number of nitrogens with one attached hydrogen (secondary N) is 1. The molecule has 0 unspecified atom stereocenters. The third kappa shape index (κ3) is 2.11. The minimum absolute atomic E-state index is 1.05. The van der Waals surface area contributed by atoms with E-state index >= 15 is 0 Å². The zero-order valence-electron chi connectivity index (χ0n) is 8.53. The first-order chi connectivity index (χ1) is 7.60. The lowest BCUT2D eigenvalue weighted by Gasteiger charge is -2.03. The second-order valence-electron chi connectivity index (χ2n) is 3.10. The number of thioether (sulfide) groups is 2. The second-order valence-corrected chi connectivity index (χ2v) is 7.17. The third-order valence-electron chi connectivity index (χ3n) is 2.25. The van der Waals surface area contributed by atoms with E-state index in [1.165, 1.54) is 15.3 Å². The van der Waals surface area contributed by atoms with Gasteiger partial charge in [-0.2, -0.15) is 0 Å². The third-order valence-corrected chi connectivity index (χ3v) is 7.22. The number of fused-ring (bicyclic) bond motifs is 1. The van der Waals surface area contributed by atoms with Crippen molar-refractivity contribution in [1.29, 1.82) is 0 Å². The Morgan fingerprint density at radius 1 is 1.06 bits per heavy atom. The van der Waals surface area contributed by atoms with E-state index in [4.69, 9.17) is 0 Å². The van der Waals surface area contributed by atoms with E-state index in [-0.39, 0.29) is 0 Å². The normalized spacial score (nSPS) is 11.3. The van der Waals surface area contributed by atoms with Gasteiger partial charge >= 0.3 is 0 Å². The van der Waals surface area contributed by atoms with Gasteiger partial charge < -0.3 is 4.98 Å². The number of rotatable bonds is 2. The number of benzene rings is 1. The van der Waals surface area contributed by atoms with Crippen molar-refractivity contribution in [3.8, 4) is 0 Å². The number of hydrogen-bond acceptors (Lipinski definition) is 2. The first-order valence-electron chi connectivity index (χ1n) is 4.37. The van der Waals surface area contributed by atoms with Gasteiger partial charge in [0.1, 0.15) is 0 Å². The van der Waals surface area contributed by atoms with Crippen LogP contribution in [0.5, 0.6) is 0 Å². The van der Waals surface area contributed by atoms with Crippen LogP contribution in [0.1, 0.15) is 0 Å². The molecule has 0 radical (unpaired) electrons. The Kier molecular flexibility index (Phi) is 4.39. The highest BCUT2D eigenvalue weighted by molar-refractivity contribution is 9.14. The lowest BCUT2D eigenvalue weighted by atomic mass is 10.2. The molecule has 1 heterocycles. The SMILES string of the molecule is CSc1[nH]c2cc(Br)c(Br)c(Br)c2c1SC. The van der Waals surface area contributed by atoms with Crippen LogP contribution in [0.25, 0.3) is 10.9 Å². The van der Waals surface area contributed by atoms with Crippen molar-refractivity contribution < 1.29 is 0 Å². The maximum absolute atomic E-state index is 3.65. The molecule has 0 saturated heterocycles. The van der Waals surface area contributed by atoms with Crippen LogP contribution in [0, 0.1) is 0 Å². The summed E-state index contributed by atoms with van der Waals surface area (Å²) in [6.07, 6.45) is 4.19. The molecule has 2 aromatic rings. The van der Waals surface area contributed by atoms with Gasteiger partial charge in [0.25, 0.3) is 0 Å². The molecule has 1 aromatic heterocycles. The maximum Gasteiger partial charge on any atom is 0.0868 e. The van der Waals surface area contributed by atoms with Crippen molar-refractivity contribution in [2.24, 2.45) is 0 Å². The number of aromatic amines is 1. The highest BCUT2D eigenvalue weighted by Gasteiger charge is 2.16.